The average molecular weight is 283 g/mol. The highest BCUT2D eigenvalue weighted by molar-refractivity contribution is 7.17. The van der Waals surface area contributed by atoms with Crippen LogP contribution in [0.4, 0.5) is 5.13 Å². The van der Waals surface area contributed by atoms with Crippen LogP contribution in [0.3, 0.4) is 0 Å². The number of nitrogens with zero attached hydrogens (tertiary/aromatic N) is 2. The predicted octanol–water partition coefficient (Wildman–Crippen LogP) is 0.369. The standard InChI is InChI=1S/C11H13N3O4S/c1-5-9(16)12-3-4-14(5)11-13-7(10(17)18)8(19-11)6(2)15/h5H,3-4H2,1-2H3,(H,12,16)(H,17,18). The van der Waals surface area contributed by atoms with Crippen LogP contribution in [0.25, 0.3) is 0 Å². The number of amides is 1. The molecule has 2 heterocycles. The highest BCUT2D eigenvalue weighted by Gasteiger charge is 2.30. The molecule has 0 radical (unpaired) electrons. The molecule has 1 aliphatic rings. The number of aromatic nitrogens is 1. The normalized spacial score (nSPS) is 19.2. The molecule has 1 aliphatic heterocycles. The summed E-state index contributed by atoms with van der Waals surface area (Å²) in [6.45, 7) is 4.03. The molecule has 0 spiro atoms. The number of rotatable bonds is 3. The Hall–Kier alpha value is -1.96. The second-order valence-electron chi connectivity index (χ2n) is 4.20. The number of aromatic carboxylic acids is 1. The molecule has 0 aromatic carbocycles. The van der Waals surface area contributed by atoms with E-state index in [-0.39, 0.29) is 22.3 Å². The van der Waals surface area contributed by atoms with E-state index in [0.29, 0.717) is 18.2 Å². The first-order chi connectivity index (χ1) is 8.91. The van der Waals surface area contributed by atoms with Gasteiger partial charge in [-0.25, -0.2) is 9.78 Å². The Morgan fingerprint density at radius 1 is 1.53 bits per heavy atom. The molecule has 1 amide bonds. The van der Waals surface area contributed by atoms with Crippen molar-refractivity contribution in [2.75, 3.05) is 18.0 Å². The van der Waals surface area contributed by atoms with E-state index in [1.807, 2.05) is 0 Å². The van der Waals surface area contributed by atoms with Crippen LogP contribution >= 0.6 is 11.3 Å². The number of carbonyl (C=O) groups is 3. The molecule has 0 aliphatic carbocycles. The number of nitrogens with one attached hydrogen (secondary N) is 1. The quantitative estimate of drug-likeness (QED) is 0.777. The Balaban J connectivity index is 2.40. The molecule has 2 rings (SSSR count). The van der Waals surface area contributed by atoms with Gasteiger partial charge in [-0.05, 0) is 6.92 Å². The topological polar surface area (TPSA) is 99.6 Å². The Morgan fingerprint density at radius 3 is 2.74 bits per heavy atom. The smallest absolute Gasteiger partial charge is 0.356 e. The zero-order chi connectivity index (χ0) is 14.2. The Kier molecular flexibility index (Phi) is 3.52. The zero-order valence-electron chi connectivity index (χ0n) is 10.5. The fourth-order valence-electron chi connectivity index (χ4n) is 1.86. The van der Waals surface area contributed by atoms with Gasteiger partial charge in [0.2, 0.25) is 5.91 Å². The van der Waals surface area contributed by atoms with Crippen LogP contribution in [0.5, 0.6) is 0 Å². The highest BCUT2D eigenvalue weighted by atomic mass is 32.1. The van der Waals surface area contributed by atoms with E-state index in [0.717, 1.165) is 11.3 Å². The summed E-state index contributed by atoms with van der Waals surface area (Å²) in [6.07, 6.45) is 0. The number of carboxylic acid groups (broad SMARTS) is 1. The van der Waals surface area contributed by atoms with Crippen LogP contribution in [-0.4, -0.2) is 46.9 Å². The van der Waals surface area contributed by atoms with E-state index in [2.05, 4.69) is 10.3 Å². The van der Waals surface area contributed by atoms with Crippen LogP contribution in [0, 0.1) is 0 Å². The number of Topliss-reactive ketones (excluding diaryl/α,β-unsaturated/α-hetero) is 1. The predicted molar refractivity (Wildman–Crippen MR) is 68.9 cm³/mol. The van der Waals surface area contributed by atoms with Gasteiger partial charge in [0.1, 0.15) is 10.9 Å². The minimum atomic E-state index is -1.23. The SMILES string of the molecule is CC(=O)c1sc(N2CCNC(=O)C2C)nc1C(=O)O. The van der Waals surface area contributed by atoms with Crippen molar-refractivity contribution in [3.8, 4) is 0 Å². The number of carboxylic acids is 1. The van der Waals surface area contributed by atoms with E-state index >= 15 is 0 Å². The van der Waals surface area contributed by atoms with Crippen molar-refractivity contribution in [3.05, 3.63) is 10.6 Å². The number of carbonyl (C=O) groups excluding carboxylic acids is 2. The third kappa shape index (κ3) is 2.43. The van der Waals surface area contributed by atoms with Crippen molar-refractivity contribution < 1.29 is 19.5 Å². The van der Waals surface area contributed by atoms with Crippen LogP contribution in [0.2, 0.25) is 0 Å². The third-order valence-electron chi connectivity index (χ3n) is 2.88. The molecular weight excluding hydrogens is 270 g/mol. The van der Waals surface area contributed by atoms with E-state index < -0.39 is 12.0 Å². The first kappa shape index (κ1) is 13.5. The molecule has 0 bridgehead atoms. The van der Waals surface area contributed by atoms with Gasteiger partial charge in [-0.2, -0.15) is 0 Å². The van der Waals surface area contributed by atoms with E-state index in [4.69, 9.17) is 5.11 Å². The fourth-order valence-corrected chi connectivity index (χ4v) is 2.92. The minimum Gasteiger partial charge on any atom is -0.476 e. The summed E-state index contributed by atoms with van der Waals surface area (Å²) in [4.78, 5) is 39.9. The summed E-state index contributed by atoms with van der Waals surface area (Å²) in [5.41, 5.74) is -0.245. The summed E-state index contributed by atoms with van der Waals surface area (Å²) in [5, 5.41) is 12.1. The highest BCUT2D eigenvalue weighted by Crippen LogP contribution is 2.29. The molecule has 2 N–H and O–H groups in total. The van der Waals surface area contributed by atoms with Gasteiger partial charge in [0.25, 0.3) is 0 Å². The first-order valence-corrected chi connectivity index (χ1v) is 6.53. The molecule has 1 saturated heterocycles. The molecule has 1 aromatic rings. The van der Waals surface area contributed by atoms with Crippen LogP contribution < -0.4 is 10.2 Å². The van der Waals surface area contributed by atoms with E-state index in [9.17, 15) is 14.4 Å². The molecule has 1 aromatic heterocycles. The van der Waals surface area contributed by atoms with Crippen molar-refractivity contribution in [2.24, 2.45) is 0 Å². The Labute approximate surface area is 113 Å². The molecule has 0 saturated carbocycles. The summed E-state index contributed by atoms with van der Waals surface area (Å²) in [5.74, 6) is -1.71. The van der Waals surface area contributed by atoms with E-state index in [1.165, 1.54) is 6.92 Å². The largest absolute Gasteiger partial charge is 0.476 e. The van der Waals surface area contributed by atoms with Crippen molar-refractivity contribution in [1.29, 1.82) is 0 Å². The number of ketones is 1. The van der Waals surface area contributed by atoms with E-state index in [1.54, 1.807) is 11.8 Å². The average Bonchev–Trinajstić information content (AvgIpc) is 2.77. The maximum Gasteiger partial charge on any atom is 0.356 e. The maximum absolute atomic E-state index is 11.6. The van der Waals surface area contributed by atoms with Gasteiger partial charge in [0, 0.05) is 20.0 Å². The summed E-state index contributed by atoms with van der Waals surface area (Å²) >= 11 is 1.01. The van der Waals surface area contributed by atoms with Crippen LogP contribution in [-0.2, 0) is 4.79 Å². The minimum absolute atomic E-state index is 0.112. The van der Waals surface area contributed by atoms with Gasteiger partial charge in [0.05, 0.1) is 0 Å². The third-order valence-corrected chi connectivity index (χ3v) is 4.08. The molecule has 1 atom stereocenters. The monoisotopic (exact) mass is 283 g/mol. The van der Waals surface area contributed by atoms with Gasteiger partial charge in [-0.1, -0.05) is 11.3 Å². The lowest BCUT2D eigenvalue weighted by Crippen LogP contribution is -2.54. The second-order valence-corrected chi connectivity index (χ2v) is 5.17. The van der Waals surface area contributed by atoms with Gasteiger partial charge in [-0.3, -0.25) is 9.59 Å². The molecule has 102 valence electrons. The number of piperazine rings is 1. The lowest BCUT2D eigenvalue weighted by molar-refractivity contribution is -0.122. The molecule has 7 nitrogen and oxygen atoms in total. The summed E-state index contributed by atoms with van der Waals surface area (Å²) < 4.78 is 0. The Bertz CT molecular complexity index is 523. The maximum atomic E-state index is 11.6. The Morgan fingerprint density at radius 2 is 2.21 bits per heavy atom. The fraction of sp³-hybridized carbons (Fsp3) is 0.455. The van der Waals surface area contributed by atoms with Gasteiger partial charge in [0.15, 0.2) is 16.6 Å². The molecular formula is C11H13N3O4S. The zero-order valence-corrected chi connectivity index (χ0v) is 11.3. The molecule has 19 heavy (non-hydrogen) atoms. The van der Waals surface area contributed by atoms with Crippen molar-refractivity contribution in [2.45, 2.75) is 19.9 Å². The van der Waals surface area contributed by atoms with Crippen molar-refractivity contribution >= 4 is 34.1 Å². The van der Waals surface area contributed by atoms with Gasteiger partial charge >= 0.3 is 5.97 Å². The van der Waals surface area contributed by atoms with Crippen molar-refractivity contribution in [1.82, 2.24) is 10.3 Å². The molecule has 1 unspecified atom stereocenters. The van der Waals surface area contributed by atoms with Gasteiger partial charge in [-0.15, -0.1) is 0 Å². The summed E-state index contributed by atoms with van der Waals surface area (Å²) in [6, 6.07) is -0.429. The number of anilines is 1. The van der Waals surface area contributed by atoms with Crippen LogP contribution in [0.1, 0.15) is 34.0 Å². The summed E-state index contributed by atoms with van der Waals surface area (Å²) in [7, 11) is 0. The lowest BCUT2D eigenvalue weighted by atomic mass is 10.2. The number of hydrogen-bond acceptors (Lipinski definition) is 6. The van der Waals surface area contributed by atoms with Gasteiger partial charge < -0.3 is 15.3 Å². The number of thiazole rings is 1. The first-order valence-electron chi connectivity index (χ1n) is 5.71. The van der Waals surface area contributed by atoms with Crippen molar-refractivity contribution in [3.63, 3.8) is 0 Å². The lowest BCUT2D eigenvalue weighted by Gasteiger charge is -2.32. The number of hydrogen-bond donors (Lipinski definition) is 2. The van der Waals surface area contributed by atoms with Crippen LogP contribution in [0.15, 0.2) is 0 Å². The molecule has 1 fully saturated rings. The molecule has 8 heteroatoms. The second kappa shape index (κ2) is 4.96.